The number of aromatic amines is 1. The van der Waals surface area contributed by atoms with E-state index in [2.05, 4.69) is 11.6 Å². The number of para-hydroxylation sites is 1. The summed E-state index contributed by atoms with van der Waals surface area (Å²) in [4.78, 5) is 17.8. The largest absolute Gasteiger partial charge is 0.481 e. The molecule has 11 atom stereocenters. The van der Waals surface area contributed by atoms with E-state index in [1.165, 1.54) is 0 Å². The highest BCUT2D eigenvalue weighted by atomic mass is 16.8. The number of piperidine rings is 1. The van der Waals surface area contributed by atoms with Crippen molar-refractivity contribution in [2.45, 2.75) is 55.7 Å². The fourth-order valence-electron chi connectivity index (χ4n) is 6.35. The van der Waals surface area contributed by atoms with Gasteiger partial charge in [0.2, 0.25) is 0 Å². The lowest BCUT2D eigenvalue weighted by molar-refractivity contribution is -0.373. The third-order valence-corrected chi connectivity index (χ3v) is 8.20. The highest BCUT2D eigenvalue weighted by Crippen LogP contribution is 2.52. The smallest absolute Gasteiger partial charge is 0.311 e. The minimum atomic E-state index is -1.61. The molecule has 0 saturated carbocycles. The van der Waals surface area contributed by atoms with Crippen molar-refractivity contribution in [2.24, 2.45) is 17.8 Å². The van der Waals surface area contributed by atoms with Gasteiger partial charge in [0.25, 0.3) is 0 Å². The van der Waals surface area contributed by atoms with E-state index in [1.807, 2.05) is 41.4 Å². The molecular formula is C26H30N2O9. The zero-order valence-electron chi connectivity index (χ0n) is 19.8. The van der Waals surface area contributed by atoms with Crippen LogP contribution < -0.4 is 0 Å². The molecule has 2 aromatic rings. The van der Waals surface area contributed by atoms with Gasteiger partial charge in [-0.1, -0.05) is 24.3 Å². The van der Waals surface area contributed by atoms with Crippen molar-refractivity contribution < 1.29 is 44.5 Å². The Bertz CT molecular complexity index is 1230. The average Bonchev–Trinajstić information content (AvgIpc) is 3.28. The zero-order chi connectivity index (χ0) is 26.0. The maximum Gasteiger partial charge on any atom is 0.311 e. The fourth-order valence-corrected chi connectivity index (χ4v) is 6.35. The number of aromatic nitrogens is 1. The third-order valence-electron chi connectivity index (χ3n) is 8.20. The first kappa shape index (κ1) is 24.6. The number of hydrogen-bond acceptors (Lipinski definition) is 9. The number of nitrogens with zero attached hydrogens (tertiary/aromatic N) is 1. The van der Waals surface area contributed by atoms with E-state index in [1.54, 1.807) is 6.08 Å². The van der Waals surface area contributed by atoms with Crippen molar-refractivity contribution in [3.63, 3.8) is 0 Å². The van der Waals surface area contributed by atoms with Gasteiger partial charge in [-0.3, -0.25) is 4.79 Å². The van der Waals surface area contributed by atoms with Crippen LogP contribution in [-0.2, 0) is 19.0 Å². The molecular weight excluding hydrogens is 484 g/mol. The van der Waals surface area contributed by atoms with Crippen LogP contribution in [0.25, 0.3) is 17.0 Å². The van der Waals surface area contributed by atoms with Gasteiger partial charge in [0, 0.05) is 34.3 Å². The molecule has 5 heterocycles. The Kier molecular flexibility index (Phi) is 6.11. The maximum atomic E-state index is 12.4. The van der Waals surface area contributed by atoms with Crippen LogP contribution in [0.15, 0.2) is 43.1 Å². The van der Waals surface area contributed by atoms with Crippen molar-refractivity contribution in [3.05, 3.63) is 54.4 Å². The number of aliphatic carboxylic acids is 1. The highest BCUT2D eigenvalue weighted by molar-refractivity contribution is 5.91. The van der Waals surface area contributed by atoms with E-state index < -0.39 is 73.6 Å². The molecule has 0 amide bonds. The van der Waals surface area contributed by atoms with Crippen LogP contribution in [0.1, 0.15) is 23.7 Å². The van der Waals surface area contributed by atoms with Gasteiger partial charge < -0.3 is 49.6 Å². The minimum Gasteiger partial charge on any atom is -0.481 e. The normalized spacial score (nSPS) is 40.8. The first-order chi connectivity index (χ1) is 17.8. The van der Waals surface area contributed by atoms with Gasteiger partial charge in [0.1, 0.15) is 36.6 Å². The van der Waals surface area contributed by atoms with E-state index in [0.29, 0.717) is 6.42 Å². The number of nitrogens with one attached hydrogen (secondary N) is 1. The van der Waals surface area contributed by atoms with Crippen LogP contribution in [0.3, 0.4) is 0 Å². The molecule has 4 aliphatic rings. The number of carbonyl (C=O) groups is 1. The number of rotatable bonds is 5. The van der Waals surface area contributed by atoms with Crippen molar-refractivity contribution >= 4 is 22.9 Å². The number of aliphatic hydroxyl groups excluding tert-OH is 4. The Morgan fingerprint density at radius 2 is 1.95 bits per heavy atom. The summed E-state index contributed by atoms with van der Waals surface area (Å²) in [5, 5.41) is 51.5. The topological polar surface area (TPSA) is 165 Å². The van der Waals surface area contributed by atoms with E-state index in [4.69, 9.17) is 14.2 Å². The summed E-state index contributed by atoms with van der Waals surface area (Å²) in [7, 11) is 0. The van der Waals surface area contributed by atoms with Crippen molar-refractivity contribution in [1.29, 1.82) is 0 Å². The number of benzene rings is 1. The molecule has 0 radical (unpaired) electrons. The lowest BCUT2D eigenvalue weighted by atomic mass is 9.69. The van der Waals surface area contributed by atoms with Crippen molar-refractivity contribution in [3.8, 4) is 0 Å². The Morgan fingerprint density at radius 3 is 2.68 bits per heavy atom. The molecule has 11 nitrogen and oxygen atoms in total. The lowest BCUT2D eigenvalue weighted by Gasteiger charge is -2.56. The highest BCUT2D eigenvalue weighted by Gasteiger charge is 2.57. The van der Waals surface area contributed by atoms with Crippen LogP contribution in [0.5, 0.6) is 0 Å². The van der Waals surface area contributed by atoms with Gasteiger partial charge in [-0.2, -0.15) is 0 Å². The van der Waals surface area contributed by atoms with Crippen molar-refractivity contribution in [1.82, 2.24) is 9.88 Å². The third kappa shape index (κ3) is 3.73. The van der Waals surface area contributed by atoms with Gasteiger partial charge >= 0.3 is 5.97 Å². The van der Waals surface area contributed by atoms with Crippen LogP contribution >= 0.6 is 0 Å². The summed E-state index contributed by atoms with van der Waals surface area (Å²) in [6.07, 6.45) is -3.38. The molecule has 6 rings (SSSR count). The number of ether oxygens (including phenoxy) is 3. The number of aliphatic hydroxyl groups is 4. The van der Waals surface area contributed by atoms with E-state index in [9.17, 15) is 30.3 Å². The first-order valence-corrected chi connectivity index (χ1v) is 12.4. The molecule has 0 spiro atoms. The Labute approximate surface area is 212 Å². The summed E-state index contributed by atoms with van der Waals surface area (Å²) < 4.78 is 17.7. The predicted octanol–water partition coefficient (Wildman–Crippen LogP) is 0.517. The molecule has 2 bridgehead atoms. The van der Waals surface area contributed by atoms with E-state index in [0.717, 1.165) is 22.2 Å². The molecule has 3 saturated heterocycles. The summed E-state index contributed by atoms with van der Waals surface area (Å²) in [6.45, 7) is 3.31. The number of carboxylic acid groups (broad SMARTS) is 1. The van der Waals surface area contributed by atoms with Crippen LogP contribution in [0, 0.1) is 17.8 Å². The van der Waals surface area contributed by atoms with Gasteiger partial charge in [-0.25, -0.2) is 0 Å². The lowest BCUT2D eigenvalue weighted by Crippen LogP contribution is -2.64. The predicted molar refractivity (Wildman–Crippen MR) is 128 cm³/mol. The summed E-state index contributed by atoms with van der Waals surface area (Å²) >= 11 is 0. The second-order valence-electron chi connectivity index (χ2n) is 10.1. The monoisotopic (exact) mass is 514 g/mol. The van der Waals surface area contributed by atoms with Crippen LogP contribution in [-0.4, -0.2) is 91.2 Å². The van der Waals surface area contributed by atoms with Crippen molar-refractivity contribution in [2.75, 3.05) is 6.61 Å². The number of hydrogen-bond donors (Lipinski definition) is 6. The van der Waals surface area contributed by atoms with Gasteiger partial charge in [0.05, 0.1) is 12.6 Å². The second kappa shape index (κ2) is 9.21. The maximum absolute atomic E-state index is 12.4. The molecule has 4 aliphatic heterocycles. The minimum absolute atomic E-state index is 0.159. The van der Waals surface area contributed by atoms with E-state index in [-0.39, 0.29) is 6.04 Å². The molecule has 1 aromatic heterocycles. The molecule has 11 heteroatoms. The molecule has 3 fully saturated rings. The molecule has 6 N–H and O–H groups in total. The second-order valence-corrected chi connectivity index (χ2v) is 10.1. The Balaban J connectivity index is 1.33. The number of carboxylic acids is 1. The fraction of sp³-hybridized carbons (Fsp3) is 0.500. The van der Waals surface area contributed by atoms with E-state index >= 15 is 0 Å². The molecule has 0 aliphatic carbocycles. The number of H-pyrrole nitrogens is 1. The molecule has 11 unspecified atom stereocenters. The Morgan fingerprint density at radius 1 is 1.16 bits per heavy atom. The summed E-state index contributed by atoms with van der Waals surface area (Å²) in [5.41, 5.74) is 3.05. The first-order valence-electron chi connectivity index (χ1n) is 12.4. The zero-order valence-corrected chi connectivity index (χ0v) is 19.8. The number of fused-ring (bicyclic) bond motifs is 8. The van der Waals surface area contributed by atoms with Crippen LogP contribution in [0.4, 0.5) is 0 Å². The quantitative estimate of drug-likeness (QED) is 0.310. The summed E-state index contributed by atoms with van der Waals surface area (Å²) in [6, 6.07) is 7.82. The molecule has 1 aromatic carbocycles. The Hall–Kier alpha value is -2.77. The summed E-state index contributed by atoms with van der Waals surface area (Å²) in [5.74, 6) is -2.87. The molecule has 37 heavy (non-hydrogen) atoms. The SMILES string of the molecule is C=CC1C(OC2OC(CO)C(O)C(O)C2O)OC2C(C(=O)O)C1CC1c3[nH]c4ccccc4c3C=CN12. The average molecular weight is 515 g/mol. The van der Waals surface area contributed by atoms with Gasteiger partial charge in [-0.05, 0) is 24.5 Å². The molecule has 198 valence electrons. The van der Waals surface area contributed by atoms with Gasteiger partial charge in [0.15, 0.2) is 12.6 Å². The van der Waals surface area contributed by atoms with Crippen LogP contribution in [0.2, 0.25) is 0 Å². The standard InChI is InChI=1S/C26H30N2O9/c1-2-11-14-9-16-19-13(12-5-3-4-6-15(12)27-19)7-8-28(16)23(18(14)24(33)34)36-25(11)37-26-22(32)21(31)20(30)17(10-29)35-26/h2-8,11,14,16-18,20-23,25-27,29-32H,1,9-10H2,(H,33,34). The van der Waals surface area contributed by atoms with Gasteiger partial charge in [-0.15, -0.1) is 6.58 Å².